The molecule has 0 aliphatic heterocycles. The molecule has 2 heterocycles. The van der Waals surface area contributed by atoms with E-state index in [-0.39, 0.29) is 11.4 Å². The Morgan fingerprint density at radius 1 is 1.32 bits per heavy atom. The first-order chi connectivity index (χ1) is 9.03. The first-order valence-electron chi connectivity index (χ1n) is 5.77. The van der Waals surface area contributed by atoms with Gasteiger partial charge >= 0.3 is 0 Å². The van der Waals surface area contributed by atoms with Crippen LogP contribution in [0.3, 0.4) is 0 Å². The van der Waals surface area contributed by atoms with Crippen LogP contribution >= 0.6 is 11.3 Å². The van der Waals surface area contributed by atoms with Crippen LogP contribution in [0.5, 0.6) is 0 Å². The van der Waals surface area contributed by atoms with Gasteiger partial charge in [0, 0.05) is 18.6 Å². The molecule has 0 radical (unpaired) electrons. The third kappa shape index (κ3) is 3.05. The molecule has 0 unspecified atom stereocenters. The molecule has 0 saturated carbocycles. The number of nitrogens with one attached hydrogen (secondary N) is 2. The summed E-state index contributed by atoms with van der Waals surface area (Å²) in [5.74, 6) is 0.353. The molecule has 0 aliphatic carbocycles. The van der Waals surface area contributed by atoms with Crippen LogP contribution in [0.2, 0.25) is 0 Å². The summed E-state index contributed by atoms with van der Waals surface area (Å²) in [5.41, 5.74) is -0.0442. The van der Waals surface area contributed by atoms with Gasteiger partial charge in [0.1, 0.15) is 10.8 Å². The van der Waals surface area contributed by atoms with Crippen molar-refractivity contribution in [1.82, 2.24) is 20.5 Å². The van der Waals surface area contributed by atoms with Crippen molar-refractivity contribution >= 4 is 23.1 Å². The summed E-state index contributed by atoms with van der Waals surface area (Å²) in [6.07, 6.45) is 1.77. The number of carbonyl (C=O) groups excluding carboxylic acids is 1. The zero-order chi connectivity index (χ0) is 13.9. The van der Waals surface area contributed by atoms with Crippen LogP contribution in [0, 0.1) is 0 Å². The van der Waals surface area contributed by atoms with Crippen LogP contribution < -0.4 is 10.6 Å². The summed E-state index contributed by atoms with van der Waals surface area (Å²) >= 11 is 1.57. The Kier molecular flexibility index (Phi) is 3.75. The average Bonchev–Trinajstić information content (AvgIpc) is 2.93. The van der Waals surface area contributed by atoms with Crippen LogP contribution in [0.4, 0.5) is 5.82 Å². The molecular formula is C12H15N5OS. The molecule has 0 aliphatic rings. The van der Waals surface area contributed by atoms with Gasteiger partial charge in [-0.3, -0.25) is 4.79 Å². The van der Waals surface area contributed by atoms with Gasteiger partial charge in [0.15, 0.2) is 5.69 Å². The number of nitrogens with zero attached hydrogens (tertiary/aromatic N) is 3. The van der Waals surface area contributed by atoms with Crippen LogP contribution in [-0.2, 0) is 5.54 Å². The van der Waals surface area contributed by atoms with Crippen LogP contribution in [0.1, 0.15) is 29.3 Å². The Balaban J connectivity index is 2.14. The standard InChI is InChI=1S/C12H15N5OS/c1-12(2,11-14-6-7-19-11)15-9-5-4-8(16-17-9)10(18)13-3/h4-7H,1-3H3,(H,13,18)(H,15,17). The Bertz CT molecular complexity index is 550. The highest BCUT2D eigenvalue weighted by molar-refractivity contribution is 7.09. The van der Waals surface area contributed by atoms with E-state index in [1.165, 1.54) is 0 Å². The third-order valence-corrected chi connectivity index (χ3v) is 3.63. The Hall–Kier alpha value is -2.02. The highest BCUT2D eigenvalue weighted by Gasteiger charge is 2.23. The Morgan fingerprint density at radius 2 is 2.11 bits per heavy atom. The Morgan fingerprint density at radius 3 is 2.63 bits per heavy atom. The summed E-state index contributed by atoms with van der Waals surface area (Å²) in [4.78, 5) is 15.6. The molecule has 6 nitrogen and oxygen atoms in total. The van der Waals surface area contributed by atoms with E-state index in [9.17, 15) is 4.79 Å². The number of carbonyl (C=O) groups is 1. The van der Waals surface area contributed by atoms with Crippen molar-refractivity contribution in [2.24, 2.45) is 0 Å². The lowest BCUT2D eigenvalue weighted by molar-refractivity contribution is 0.0957. The normalized spacial score (nSPS) is 11.1. The molecule has 7 heteroatoms. The van der Waals surface area contributed by atoms with Gasteiger partial charge in [0.2, 0.25) is 0 Å². The molecule has 0 bridgehead atoms. The van der Waals surface area contributed by atoms with Gasteiger partial charge in [-0.1, -0.05) is 0 Å². The van der Waals surface area contributed by atoms with Gasteiger partial charge in [-0.15, -0.1) is 21.5 Å². The molecule has 0 saturated heterocycles. The molecule has 0 spiro atoms. The fourth-order valence-electron chi connectivity index (χ4n) is 1.55. The van der Waals surface area contributed by atoms with Gasteiger partial charge < -0.3 is 10.6 Å². The van der Waals surface area contributed by atoms with E-state index in [0.29, 0.717) is 11.5 Å². The number of hydrogen-bond donors (Lipinski definition) is 2. The van der Waals surface area contributed by atoms with Crippen molar-refractivity contribution in [3.8, 4) is 0 Å². The molecular weight excluding hydrogens is 262 g/mol. The fourth-order valence-corrected chi connectivity index (χ4v) is 2.27. The van der Waals surface area contributed by atoms with Crippen LogP contribution in [0.15, 0.2) is 23.7 Å². The first-order valence-corrected chi connectivity index (χ1v) is 6.65. The van der Waals surface area contributed by atoms with E-state index in [0.717, 1.165) is 5.01 Å². The minimum Gasteiger partial charge on any atom is -0.357 e. The van der Waals surface area contributed by atoms with E-state index in [1.54, 1.807) is 36.7 Å². The van der Waals surface area contributed by atoms with E-state index < -0.39 is 0 Å². The minimum absolute atomic E-state index is 0.252. The monoisotopic (exact) mass is 277 g/mol. The molecule has 0 atom stereocenters. The lowest BCUT2D eigenvalue weighted by Crippen LogP contribution is -2.28. The molecule has 0 aromatic carbocycles. The quantitative estimate of drug-likeness (QED) is 0.888. The van der Waals surface area contributed by atoms with Gasteiger partial charge in [0.25, 0.3) is 5.91 Å². The summed E-state index contributed by atoms with van der Waals surface area (Å²) in [6.45, 7) is 4.03. The summed E-state index contributed by atoms with van der Waals surface area (Å²) in [6, 6.07) is 3.36. The third-order valence-electron chi connectivity index (χ3n) is 2.53. The molecule has 100 valence electrons. The van der Waals surface area contributed by atoms with Gasteiger partial charge in [-0.25, -0.2) is 4.98 Å². The lowest BCUT2D eigenvalue weighted by atomic mass is 10.1. The summed E-state index contributed by atoms with van der Waals surface area (Å²) < 4.78 is 0. The van der Waals surface area contributed by atoms with Gasteiger partial charge in [-0.2, -0.15) is 0 Å². The van der Waals surface area contributed by atoms with E-state index in [2.05, 4.69) is 25.8 Å². The maximum atomic E-state index is 11.4. The number of hydrogen-bond acceptors (Lipinski definition) is 6. The maximum absolute atomic E-state index is 11.4. The first kappa shape index (κ1) is 13.4. The average molecular weight is 277 g/mol. The van der Waals surface area contributed by atoms with E-state index in [4.69, 9.17) is 0 Å². The second-order valence-corrected chi connectivity index (χ2v) is 5.36. The van der Waals surface area contributed by atoms with Crippen molar-refractivity contribution in [1.29, 1.82) is 0 Å². The SMILES string of the molecule is CNC(=O)c1ccc(NC(C)(C)c2nccs2)nn1. The molecule has 2 aromatic rings. The predicted molar refractivity (Wildman–Crippen MR) is 74.2 cm³/mol. The van der Waals surface area contributed by atoms with Crippen molar-refractivity contribution in [2.45, 2.75) is 19.4 Å². The number of aromatic nitrogens is 3. The second kappa shape index (κ2) is 5.31. The topological polar surface area (TPSA) is 79.8 Å². The largest absolute Gasteiger partial charge is 0.357 e. The zero-order valence-electron chi connectivity index (χ0n) is 11.0. The van der Waals surface area contributed by atoms with E-state index >= 15 is 0 Å². The molecule has 0 fully saturated rings. The van der Waals surface area contributed by atoms with Crippen LogP contribution in [0.25, 0.3) is 0 Å². The molecule has 2 rings (SSSR count). The number of thiazole rings is 1. The maximum Gasteiger partial charge on any atom is 0.271 e. The zero-order valence-corrected chi connectivity index (χ0v) is 11.8. The predicted octanol–water partition coefficient (Wildman–Crippen LogP) is 1.64. The smallest absolute Gasteiger partial charge is 0.271 e. The van der Waals surface area contributed by atoms with Crippen molar-refractivity contribution < 1.29 is 4.79 Å². The Labute approximate surface area is 115 Å². The molecule has 2 N–H and O–H groups in total. The highest BCUT2D eigenvalue weighted by atomic mass is 32.1. The fraction of sp³-hybridized carbons (Fsp3) is 0.333. The number of anilines is 1. The highest BCUT2D eigenvalue weighted by Crippen LogP contribution is 2.25. The molecule has 1 amide bonds. The minimum atomic E-state index is -0.336. The summed E-state index contributed by atoms with van der Waals surface area (Å²) in [7, 11) is 1.56. The van der Waals surface area contributed by atoms with Crippen LogP contribution in [-0.4, -0.2) is 28.1 Å². The van der Waals surface area contributed by atoms with E-state index in [1.807, 2.05) is 19.2 Å². The summed E-state index contributed by atoms with van der Waals surface area (Å²) in [5, 5.41) is 16.5. The van der Waals surface area contributed by atoms with Gasteiger partial charge in [0.05, 0.1) is 5.54 Å². The second-order valence-electron chi connectivity index (χ2n) is 4.47. The van der Waals surface area contributed by atoms with Crippen molar-refractivity contribution in [3.05, 3.63) is 34.4 Å². The molecule has 19 heavy (non-hydrogen) atoms. The lowest BCUT2D eigenvalue weighted by Gasteiger charge is -2.24. The molecule has 2 aromatic heterocycles. The number of rotatable bonds is 4. The number of amides is 1. The van der Waals surface area contributed by atoms with Gasteiger partial charge in [-0.05, 0) is 26.0 Å². The van der Waals surface area contributed by atoms with Crippen molar-refractivity contribution in [2.75, 3.05) is 12.4 Å². The van der Waals surface area contributed by atoms with Crippen molar-refractivity contribution in [3.63, 3.8) is 0 Å².